The zero-order valence-corrected chi connectivity index (χ0v) is 19.9. The van der Waals surface area contributed by atoms with Gasteiger partial charge in [-0.1, -0.05) is 36.4 Å². The Morgan fingerprint density at radius 3 is 2.41 bits per heavy atom. The van der Waals surface area contributed by atoms with Gasteiger partial charge in [0.1, 0.15) is 12.2 Å². The SMILES string of the molecule is COC(=O)c1cc(C=C(CNC(=O)OCc2ccccc2)B2OC(C)(C)C(C)(C)O2)cnc1F. The molecule has 180 valence electrons. The molecule has 0 bridgehead atoms. The minimum Gasteiger partial charge on any atom is -0.465 e. The van der Waals surface area contributed by atoms with E-state index in [1.165, 1.54) is 12.3 Å². The van der Waals surface area contributed by atoms with Crippen molar-refractivity contribution < 1.29 is 32.8 Å². The molecule has 3 rings (SSSR count). The number of hydrogen-bond donors (Lipinski definition) is 1. The quantitative estimate of drug-likeness (QED) is 0.372. The lowest BCUT2D eigenvalue weighted by atomic mass is 9.77. The monoisotopic (exact) mass is 470 g/mol. The first-order chi connectivity index (χ1) is 16.0. The number of carbonyl (C=O) groups excluding carboxylic acids is 2. The molecule has 34 heavy (non-hydrogen) atoms. The number of nitrogens with zero attached hydrogens (tertiary/aromatic N) is 1. The number of aromatic nitrogens is 1. The third kappa shape index (κ3) is 6.01. The van der Waals surface area contributed by atoms with Gasteiger partial charge in [-0.2, -0.15) is 4.39 Å². The Bertz CT molecular complexity index is 1060. The lowest BCUT2D eigenvalue weighted by Gasteiger charge is -2.32. The van der Waals surface area contributed by atoms with Gasteiger partial charge in [0.25, 0.3) is 0 Å². The van der Waals surface area contributed by atoms with Gasteiger partial charge in [0.05, 0.1) is 18.3 Å². The molecule has 0 spiro atoms. The Morgan fingerprint density at radius 2 is 1.79 bits per heavy atom. The summed E-state index contributed by atoms with van der Waals surface area (Å²) in [6, 6.07) is 10.6. The number of halogens is 1. The van der Waals surface area contributed by atoms with Crippen LogP contribution < -0.4 is 5.32 Å². The van der Waals surface area contributed by atoms with E-state index in [9.17, 15) is 14.0 Å². The first-order valence-corrected chi connectivity index (χ1v) is 10.8. The Labute approximate surface area is 198 Å². The van der Waals surface area contributed by atoms with Crippen LogP contribution in [0.4, 0.5) is 9.18 Å². The van der Waals surface area contributed by atoms with E-state index in [2.05, 4.69) is 15.0 Å². The van der Waals surface area contributed by atoms with Gasteiger partial charge in [-0.05, 0) is 50.4 Å². The average Bonchev–Trinajstić information content (AvgIpc) is 3.03. The summed E-state index contributed by atoms with van der Waals surface area (Å²) in [6.45, 7) is 7.76. The van der Waals surface area contributed by atoms with Crippen LogP contribution in [-0.2, 0) is 25.4 Å². The second-order valence-corrected chi connectivity index (χ2v) is 8.82. The van der Waals surface area contributed by atoms with Crippen LogP contribution in [0.2, 0.25) is 0 Å². The van der Waals surface area contributed by atoms with Crippen molar-refractivity contribution in [3.63, 3.8) is 0 Å². The summed E-state index contributed by atoms with van der Waals surface area (Å²) in [6.07, 6.45) is 2.26. The number of nitrogens with one attached hydrogen (secondary N) is 1. The molecule has 1 aliphatic rings. The number of rotatable bonds is 7. The summed E-state index contributed by atoms with van der Waals surface area (Å²) in [7, 11) is 0.358. The van der Waals surface area contributed by atoms with Crippen LogP contribution in [-0.4, -0.2) is 49.0 Å². The lowest BCUT2D eigenvalue weighted by molar-refractivity contribution is 0.00578. The topological polar surface area (TPSA) is 96.0 Å². The van der Waals surface area contributed by atoms with Crippen molar-refractivity contribution in [2.45, 2.75) is 45.5 Å². The van der Waals surface area contributed by atoms with Crippen LogP contribution in [0, 0.1) is 5.95 Å². The number of pyridine rings is 1. The van der Waals surface area contributed by atoms with Gasteiger partial charge in [0.2, 0.25) is 5.95 Å². The van der Waals surface area contributed by atoms with Gasteiger partial charge < -0.3 is 24.1 Å². The van der Waals surface area contributed by atoms with E-state index in [4.69, 9.17) is 14.0 Å². The number of ether oxygens (including phenoxy) is 2. The predicted molar refractivity (Wildman–Crippen MR) is 124 cm³/mol. The highest BCUT2D eigenvalue weighted by atomic mass is 19.1. The van der Waals surface area contributed by atoms with Crippen molar-refractivity contribution in [1.82, 2.24) is 10.3 Å². The van der Waals surface area contributed by atoms with Crippen LogP contribution >= 0.6 is 0 Å². The van der Waals surface area contributed by atoms with E-state index in [-0.39, 0.29) is 18.7 Å². The molecule has 0 aliphatic carbocycles. The van der Waals surface area contributed by atoms with Crippen molar-refractivity contribution in [2.75, 3.05) is 13.7 Å². The molecule has 0 unspecified atom stereocenters. The van der Waals surface area contributed by atoms with Crippen molar-refractivity contribution >= 4 is 25.3 Å². The number of alkyl carbamates (subject to hydrolysis) is 1. The van der Waals surface area contributed by atoms with Gasteiger partial charge in [0, 0.05) is 12.7 Å². The molecule has 1 aliphatic heterocycles. The number of amides is 1. The lowest BCUT2D eigenvalue weighted by Crippen LogP contribution is -2.41. The van der Waals surface area contributed by atoms with E-state index >= 15 is 0 Å². The highest BCUT2D eigenvalue weighted by Gasteiger charge is 2.52. The molecule has 1 amide bonds. The molecule has 1 aromatic carbocycles. The van der Waals surface area contributed by atoms with Crippen LogP contribution in [0.15, 0.2) is 48.1 Å². The van der Waals surface area contributed by atoms with Gasteiger partial charge in [0.15, 0.2) is 0 Å². The Balaban J connectivity index is 1.80. The van der Waals surface area contributed by atoms with E-state index < -0.39 is 36.3 Å². The van der Waals surface area contributed by atoms with E-state index in [0.717, 1.165) is 12.7 Å². The molecular formula is C24H28BFN2O6. The van der Waals surface area contributed by atoms with Crippen LogP contribution in [0.3, 0.4) is 0 Å². The highest BCUT2D eigenvalue weighted by molar-refractivity contribution is 6.56. The molecule has 1 N–H and O–H groups in total. The first-order valence-electron chi connectivity index (χ1n) is 10.8. The molecule has 8 nitrogen and oxygen atoms in total. The van der Waals surface area contributed by atoms with Gasteiger partial charge in [-0.3, -0.25) is 0 Å². The van der Waals surface area contributed by atoms with Gasteiger partial charge >= 0.3 is 19.2 Å². The van der Waals surface area contributed by atoms with Crippen LogP contribution in [0.5, 0.6) is 0 Å². The molecule has 2 heterocycles. The fourth-order valence-electron chi connectivity index (χ4n) is 3.16. The van der Waals surface area contributed by atoms with Crippen LogP contribution in [0.1, 0.15) is 49.2 Å². The largest absolute Gasteiger partial charge is 0.492 e. The normalized spacial score (nSPS) is 16.8. The summed E-state index contributed by atoms with van der Waals surface area (Å²) in [5.41, 5.74) is 0.239. The maximum absolute atomic E-state index is 14.0. The second-order valence-electron chi connectivity index (χ2n) is 8.82. The first kappa shape index (κ1) is 25.4. The summed E-state index contributed by atoms with van der Waals surface area (Å²) in [5, 5.41) is 2.69. The minimum atomic E-state index is -0.941. The summed E-state index contributed by atoms with van der Waals surface area (Å²) >= 11 is 0. The van der Waals surface area contributed by atoms with Crippen LogP contribution in [0.25, 0.3) is 6.08 Å². The van der Waals surface area contributed by atoms with Crippen molar-refractivity contribution in [3.05, 3.63) is 70.7 Å². The molecule has 2 aromatic rings. The Morgan fingerprint density at radius 1 is 1.15 bits per heavy atom. The molecule has 0 atom stereocenters. The molecule has 1 saturated heterocycles. The fraction of sp³-hybridized carbons (Fsp3) is 0.375. The number of hydrogen-bond acceptors (Lipinski definition) is 7. The standard InChI is InChI=1S/C24H28BFN2O6/c1-23(2)24(3,4)34-25(33-23)18(11-17-12-19(21(29)31-5)20(26)27-13-17)14-28-22(30)32-15-16-9-7-6-8-10-16/h6-13H,14-15H2,1-5H3,(H,28,30). The third-order valence-corrected chi connectivity index (χ3v) is 5.82. The molecule has 1 fully saturated rings. The minimum absolute atomic E-state index is 0.0232. The number of benzene rings is 1. The second kappa shape index (κ2) is 10.4. The number of esters is 1. The maximum atomic E-state index is 14.0. The summed E-state index contributed by atoms with van der Waals surface area (Å²) in [4.78, 5) is 27.8. The van der Waals surface area contributed by atoms with Crippen molar-refractivity contribution in [1.29, 1.82) is 0 Å². The Kier molecular flexibility index (Phi) is 7.73. The van der Waals surface area contributed by atoms with Crippen molar-refractivity contribution in [2.24, 2.45) is 0 Å². The molecule has 0 radical (unpaired) electrons. The third-order valence-electron chi connectivity index (χ3n) is 5.82. The smallest absolute Gasteiger partial charge is 0.465 e. The number of methoxy groups -OCH3 is 1. The molecular weight excluding hydrogens is 442 g/mol. The molecule has 1 aromatic heterocycles. The number of carbonyl (C=O) groups is 2. The zero-order valence-electron chi connectivity index (χ0n) is 19.9. The van der Waals surface area contributed by atoms with E-state index in [1.54, 1.807) is 6.08 Å². The van der Waals surface area contributed by atoms with Crippen molar-refractivity contribution in [3.8, 4) is 0 Å². The highest BCUT2D eigenvalue weighted by Crippen LogP contribution is 2.38. The molecule has 10 heteroatoms. The summed E-state index contributed by atoms with van der Waals surface area (Å²) in [5.74, 6) is -1.79. The van der Waals surface area contributed by atoms with Gasteiger partial charge in [-0.25, -0.2) is 14.6 Å². The maximum Gasteiger partial charge on any atom is 0.492 e. The average molecular weight is 470 g/mol. The van der Waals surface area contributed by atoms with Gasteiger partial charge in [-0.15, -0.1) is 0 Å². The summed E-state index contributed by atoms with van der Waals surface area (Å²) < 4.78 is 36.1. The van der Waals surface area contributed by atoms with E-state index in [0.29, 0.717) is 11.0 Å². The molecule has 0 saturated carbocycles. The predicted octanol–water partition coefficient (Wildman–Crippen LogP) is 3.95. The zero-order chi connectivity index (χ0) is 24.9. The Hall–Kier alpha value is -3.24. The fourth-order valence-corrected chi connectivity index (χ4v) is 3.16. The van der Waals surface area contributed by atoms with E-state index in [1.807, 2.05) is 58.0 Å².